The van der Waals surface area contributed by atoms with Crippen LogP contribution in [0.25, 0.3) is 11.0 Å². The first kappa shape index (κ1) is 11.2. The zero-order chi connectivity index (χ0) is 12.5. The number of halogens is 1. The molecule has 3 aromatic rings. The van der Waals surface area contributed by atoms with Gasteiger partial charge in [0.2, 0.25) is 0 Å². The van der Waals surface area contributed by atoms with Gasteiger partial charge in [0.15, 0.2) is 0 Å². The van der Waals surface area contributed by atoms with Gasteiger partial charge in [-0.3, -0.25) is 0 Å². The molecular weight excluding hydrogens is 250 g/mol. The molecule has 0 aliphatic rings. The molecule has 3 rings (SSSR count). The van der Waals surface area contributed by atoms with Gasteiger partial charge >= 0.3 is 0 Å². The fraction of sp³-hybridized carbons (Fsp3) is 0.0769. The van der Waals surface area contributed by atoms with Gasteiger partial charge in [0.25, 0.3) is 0 Å². The van der Waals surface area contributed by atoms with Crippen molar-refractivity contribution in [2.24, 2.45) is 0 Å². The van der Waals surface area contributed by atoms with E-state index < -0.39 is 6.10 Å². The molecule has 4 nitrogen and oxygen atoms in total. The molecule has 0 radical (unpaired) electrons. The highest BCUT2D eigenvalue weighted by atomic mass is 35.5. The number of aromatic amines is 1. The van der Waals surface area contributed by atoms with E-state index in [4.69, 9.17) is 11.6 Å². The lowest BCUT2D eigenvalue weighted by atomic mass is 10.0. The van der Waals surface area contributed by atoms with Crippen LogP contribution in [0.5, 0.6) is 0 Å². The van der Waals surface area contributed by atoms with Crippen LogP contribution in [-0.4, -0.2) is 20.1 Å². The molecule has 0 saturated carbocycles. The number of hydrogen-bond acceptors (Lipinski definition) is 3. The maximum absolute atomic E-state index is 10.4. The van der Waals surface area contributed by atoms with Crippen LogP contribution >= 0.6 is 11.6 Å². The van der Waals surface area contributed by atoms with Crippen molar-refractivity contribution in [3.05, 3.63) is 59.1 Å². The van der Waals surface area contributed by atoms with Crippen LogP contribution in [-0.2, 0) is 0 Å². The van der Waals surface area contributed by atoms with Gasteiger partial charge in [0.05, 0.1) is 5.39 Å². The van der Waals surface area contributed by atoms with Gasteiger partial charge in [0.1, 0.15) is 23.2 Å². The highest BCUT2D eigenvalue weighted by molar-refractivity contribution is 6.34. The molecular formula is C13H10ClN3O. The smallest absolute Gasteiger partial charge is 0.142 e. The van der Waals surface area contributed by atoms with Crippen molar-refractivity contribution >= 4 is 22.6 Å². The number of H-pyrrole nitrogens is 1. The number of aromatic nitrogens is 3. The minimum absolute atomic E-state index is 0.339. The van der Waals surface area contributed by atoms with Gasteiger partial charge in [-0.05, 0) is 5.56 Å². The molecule has 0 fully saturated rings. The zero-order valence-corrected chi connectivity index (χ0v) is 10.1. The van der Waals surface area contributed by atoms with E-state index >= 15 is 0 Å². The van der Waals surface area contributed by atoms with Crippen LogP contribution < -0.4 is 0 Å². The average Bonchev–Trinajstić information content (AvgIpc) is 2.84. The number of aliphatic hydroxyl groups excluding tert-OH is 1. The second-order valence-electron chi connectivity index (χ2n) is 3.95. The van der Waals surface area contributed by atoms with Crippen molar-refractivity contribution in [1.82, 2.24) is 15.0 Å². The first-order valence-electron chi connectivity index (χ1n) is 5.48. The van der Waals surface area contributed by atoms with Crippen molar-refractivity contribution in [1.29, 1.82) is 0 Å². The summed E-state index contributed by atoms with van der Waals surface area (Å²) in [6, 6.07) is 9.39. The van der Waals surface area contributed by atoms with Crippen LogP contribution in [0.4, 0.5) is 0 Å². The largest absolute Gasteiger partial charge is 0.384 e. The molecule has 18 heavy (non-hydrogen) atoms. The van der Waals surface area contributed by atoms with Crippen molar-refractivity contribution in [2.75, 3.05) is 0 Å². The summed E-state index contributed by atoms with van der Waals surface area (Å²) in [6.07, 6.45) is 2.35. The van der Waals surface area contributed by atoms with Crippen molar-refractivity contribution in [3.8, 4) is 0 Å². The van der Waals surface area contributed by atoms with Crippen molar-refractivity contribution in [3.63, 3.8) is 0 Å². The standard InChI is InChI=1S/C13H10ClN3O/c14-12-10-9(6-15-13(10)17-7-16-12)11(18)8-4-2-1-3-5-8/h1-7,11,18H,(H,15,16,17). The quantitative estimate of drug-likeness (QED) is 0.696. The maximum atomic E-state index is 10.4. The summed E-state index contributed by atoms with van der Waals surface area (Å²) in [4.78, 5) is 11.0. The Labute approximate surface area is 108 Å². The van der Waals surface area contributed by atoms with Gasteiger partial charge in [0, 0.05) is 11.8 Å². The molecule has 0 bridgehead atoms. The molecule has 2 aromatic heterocycles. The van der Waals surface area contributed by atoms with Gasteiger partial charge in [-0.1, -0.05) is 41.9 Å². The number of benzene rings is 1. The minimum atomic E-state index is -0.747. The number of nitrogens with one attached hydrogen (secondary N) is 1. The average molecular weight is 260 g/mol. The summed E-state index contributed by atoms with van der Waals surface area (Å²) < 4.78 is 0. The SMILES string of the molecule is OC(c1ccccc1)c1c[nH]c2ncnc(Cl)c12. The Hall–Kier alpha value is -1.91. The third-order valence-corrected chi connectivity index (χ3v) is 3.15. The second kappa shape index (κ2) is 4.40. The van der Waals surface area contributed by atoms with Crippen LogP contribution in [0.3, 0.4) is 0 Å². The Balaban J connectivity index is 2.15. The van der Waals surface area contributed by atoms with Crippen LogP contribution in [0.2, 0.25) is 5.15 Å². The van der Waals surface area contributed by atoms with E-state index in [1.807, 2.05) is 30.3 Å². The van der Waals surface area contributed by atoms with E-state index in [9.17, 15) is 5.11 Å². The van der Waals surface area contributed by atoms with E-state index in [0.29, 0.717) is 21.7 Å². The van der Waals surface area contributed by atoms with Gasteiger partial charge in [-0.25, -0.2) is 9.97 Å². The molecule has 0 saturated heterocycles. The normalized spacial score (nSPS) is 12.8. The fourth-order valence-corrected chi connectivity index (χ4v) is 2.22. The van der Waals surface area contributed by atoms with Gasteiger partial charge in [-0.15, -0.1) is 0 Å². The Morgan fingerprint density at radius 1 is 1.17 bits per heavy atom. The molecule has 1 atom stereocenters. The first-order valence-corrected chi connectivity index (χ1v) is 5.85. The number of hydrogen-bond donors (Lipinski definition) is 2. The van der Waals surface area contributed by atoms with Gasteiger partial charge in [-0.2, -0.15) is 0 Å². The predicted molar refractivity (Wildman–Crippen MR) is 69.4 cm³/mol. The lowest BCUT2D eigenvalue weighted by Crippen LogP contribution is -1.98. The van der Waals surface area contributed by atoms with Crippen LogP contribution in [0.1, 0.15) is 17.2 Å². The lowest BCUT2D eigenvalue weighted by molar-refractivity contribution is 0.222. The summed E-state index contributed by atoms with van der Waals surface area (Å²) in [5.74, 6) is 0. The fourth-order valence-electron chi connectivity index (χ4n) is 1.98. The van der Waals surface area contributed by atoms with E-state index in [1.165, 1.54) is 6.33 Å². The molecule has 2 N–H and O–H groups in total. The number of nitrogens with zero attached hydrogens (tertiary/aromatic N) is 2. The van der Waals surface area contributed by atoms with Crippen LogP contribution in [0.15, 0.2) is 42.9 Å². The third kappa shape index (κ3) is 1.75. The van der Waals surface area contributed by atoms with Gasteiger partial charge < -0.3 is 10.1 Å². The second-order valence-corrected chi connectivity index (χ2v) is 4.30. The third-order valence-electron chi connectivity index (χ3n) is 2.86. The van der Waals surface area contributed by atoms with Crippen molar-refractivity contribution in [2.45, 2.75) is 6.10 Å². The van der Waals surface area contributed by atoms with E-state index in [-0.39, 0.29) is 0 Å². The lowest BCUT2D eigenvalue weighted by Gasteiger charge is -2.09. The Bertz CT molecular complexity index is 681. The maximum Gasteiger partial charge on any atom is 0.142 e. The molecule has 5 heteroatoms. The number of rotatable bonds is 2. The summed E-state index contributed by atoms with van der Waals surface area (Å²) in [7, 11) is 0. The molecule has 0 aliphatic carbocycles. The Kier molecular flexibility index (Phi) is 2.74. The van der Waals surface area contributed by atoms with E-state index in [2.05, 4.69) is 15.0 Å². The molecule has 0 spiro atoms. The summed E-state index contributed by atoms with van der Waals surface area (Å²) in [5, 5.41) is 11.4. The summed E-state index contributed by atoms with van der Waals surface area (Å²) >= 11 is 6.05. The summed E-state index contributed by atoms with van der Waals surface area (Å²) in [5.41, 5.74) is 2.11. The highest BCUT2D eigenvalue weighted by Crippen LogP contribution is 2.31. The van der Waals surface area contributed by atoms with Crippen molar-refractivity contribution < 1.29 is 5.11 Å². The van der Waals surface area contributed by atoms with E-state index in [1.54, 1.807) is 6.20 Å². The Morgan fingerprint density at radius 2 is 1.94 bits per heavy atom. The van der Waals surface area contributed by atoms with E-state index in [0.717, 1.165) is 5.56 Å². The number of fused-ring (bicyclic) bond motifs is 1. The summed E-state index contributed by atoms with van der Waals surface area (Å²) in [6.45, 7) is 0. The Morgan fingerprint density at radius 3 is 2.72 bits per heavy atom. The molecule has 1 unspecified atom stereocenters. The molecule has 90 valence electrons. The highest BCUT2D eigenvalue weighted by Gasteiger charge is 2.17. The first-order chi connectivity index (χ1) is 8.77. The molecule has 1 aromatic carbocycles. The van der Waals surface area contributed by atoms with Crippen LogP contribution in [0, 0.1) is 0 Å². The molecule has 0 aliphatic heterocycles. The topological polar surface area (TPSA) is 61.8 Å². The molecule has 2 heterocycles. The molecule has 0 amide bonds. The predicted octanol–water partition coefficient (Wildman–Crippen LogP) is 2.69. The number of aliphatic hydroxyl groups is 1. The monoisotopic (exact) mass is 259 g/mol. The zero-order valence-electron chi connectivity index (χ0n) is 9.34. The minimum Gasteiger partial charge on any atom is -0.384 e.